The lowest BCUT2D eigenvalue weighted by Gasteiger charge is -2.17. The van der Waals surface area contributed by atoms with Crippen molar-refractivity contribution in [3.63, 3.8) is 0 Å². The molecular weight excluding hydrogens is 104 g/mol. The molecule has 0 bridgehead atoms. The third-order valence-corrected chi connectivity index (χ3v) is 1.10. The highest BCUT2D eigenvalue weighted by Crippen LogP contribution is 2.20. The Morgan fingerprint density at radius 2 is 2.12 bits per heavy atom. The normalized spacial score (nSPS) is 17.2. The van der Waals surface area contributed by atoms with Crippen LogP contribution >= 0.6 is 0 Å². The Balaban J connectivity index is 2.57. The van der Waals surface area contributed by atoms with E-state index in [9.17, 15) is 4.79 Å². The second-order valence-corrected chi connectivity index (χ2v) is 2.07. The van der Waals surface area contributed by atoms with Crippen LogP contribution in [0.5, 0.6) is 0 Å². The summed E-state index contributed by atoms with van der Waals surface area (Å²) in [6, 6.07) is 0. The molecule has 0 N–H and O–H groups in total. The number of hydrogen-bond acceptors (Lipinski definition) is 2. The van der Waals surface area contributed by atoms with Gasteiger partial charge in [0.05, 0.1) is 0 Å². The van der Waals surface area contributed by atoms with Crippen molar-refractivity contribution in [3.8, 4) is 0 Å². The number of carbonyl (C=O) groups excluding carboxylic acids is 1. The maximum atomic E-state index is 10.2. The molecule has 1 saturated heterocycles. The molecular formula is C6H8O2. The summed E-state index contributed by atoms with van der Waals surface area (Å²) in [5.74, 6) is 0.733. The highest BCUT2D eigenvalue weighted by Gasteiger charge is 2.21. The first-order valence-corrected chi connectivity index (χ1v) is 2.57. The lowest BCUT2D eigenvalue weighted by molar-refractivity contribution is -0.148. The molecule has 0 radical (unpaired) electrons. The number of allylic oxidation sites excluding steroid dienone is 1. The molecule has 0 amide bonds. The minimum Gasteiger partial charge on any atom is -0.430 e. The molecule has 0 atom stereocenters. The zero-order valence-corrected chi connectivity index (χ0v) is 5.02. The summed E-state index contributed by atoms with van der Waals surface area (Å²) in [4.78, 5) is 10.2. The van der Waals surface area contributed by atoms with Crippen molar-refractivity contribution in [3.05, 3.63) is 11.3 Å². The molecule has 2 nitrogen and oxygen atoms in total. The molecule has 0 aromatic rings. The highest BCUT2D eigenvalue weighted by molar-refractivity contribution is 5.79. The minimum absolute atomic E-state index is 0.110. The molecule has 8 heavy (non-hydrogen) atoms. The van der Waals surface area contributed by atoms with Crippen LogP contribution in [-0.2, 0) is 9.53 Å². The van der Waals surface area contributed by atoms with Gasteiger partial charge >= 0.3 is 5.97 Å². The van der Waals surface area contributed by atoms with Gasteiger partial charge in [-0.25, -0.2) is 0 Å². The number of carbonyl (C=O) groups is 1. The van der Waals surface area contributed by atoms with E-state index in [2.05, 4.69) is 4.74 Å². The fraction of sp³-hybridized carbons (Fsp3) is 0.500. The number of cyclic esters (lactones) is 1. The Bertz CT molecular complexity index is 142. The molecule has 0 saturated carbocycles. The standard InChI is InChI=1S/C6H8O2/c1-4(2)5-3-6(7)8-5/h3H2,1-2H3. The topological polar surface area (TPSA) is 26.3 Å². The van der Waals surface area contributed by atoms with Gasteiger partial charge in [-0.3, -0.25) is 4.79 Å². The van der Waals surface area contributed by atoms with Crippen molar-refractivity contribution in [2.45, 2.75) is 20.3 Å². The van der Waals surface area contributed by atoms with Crippen molar-refractivity contribution < 1.29 is 9.53 Å². The Morgan fingerprint density at radius 1 is 1.62 bits per heavy atom. The minimum atomic E-state index is -0.110. The first-order chi connectivity index (χ1) is 3.70. The number of hydrogen-bond donors (Lipinski definition) is 0. The Kier molecular flexibility index (Phi) is 1.08. The van der Waals surface area contributed by atoms with Crippen molar-refractivity contribution in [2.75, 3.05) is 0 Å². The fourth-order valence-corrected chi connectivity index (χ4v) is 0.539. The van der Waals surface area contributed by atoms with Gasteiger partial charge in [-0.05, 0) is 19.4 Å². The van der Waals surface area contributed by atoms with E-state index < -0.39 is 0 Å². The smallest absolute Gasteiger partial charge is 0.318 e. The van der Waals surface area contributed by atoms with Crippen LogP contribution in [0, 0.1) is 0 Å². The van der Waals surface area contributed by atoms with Gasteiger partial charge in [0.25, 0.3) is 0 Å². The average Bonchev–Trinajstić information content (AvgIpc) is 1.57. The quantitative estimate of drug-likeness (QED) is 0.440. The largest absolute Gasteiger partial charge is 0.430 e. The first-order valence-electron chi connectivity index (χ1n) is 2.57. The Hall–Kier alpha value is -0.790. The highest BCUT2D eigenvalue weighted by atomic mass is 16.6. The summed E-state index contributed by atoms with van der Waals surface area (Å²) in [5, 5.41) is 0. The summed E-state index contributed by atoms with van der Waals surface area (Å²) in [6.45, 7) is 3.86. The van der Waals surface area contributed by atoms with Gasteiger partial charge in [0, 0.05) is 0 Å². The summed E-state index contributed by atoms with van der Waals surface area (Å²) in [6.07, 6.45) is 0.502. The van der Waals surface area contributed by atoms with E-state index in [4.69, 9.17) is 0 Å². The molecule has 0 unspecified atom stereocenters. The third-order valence-electron chi connectivity index (χ3n) is 1.10. The molecule has 0 spiro atoms. The average molecular weight is 112 g/mol. The lowest BCUT2D eigenvalue weighted by Crippen LogP contribution is -2.18. The Labute approximate surface area is 48.1 Å². The molecule has 0 aromatic heterocycles. The van der Waals surface area contributed by atoms with Crippen molar-refractivity contribution in [1.29, 1.82) is 0 Å². The van der Waals surface area contributed by atoms with E-state index in [1.807, 2.05) is 13.8 Å². The van der Waals surface area contributed by atoms with Gasteiger partial charge in [0.2, 0.25) is 0 Å². The molecule has 1 aliphatic heterocycles. The summed E-state index contributed by atoms with van der Waals surface area (Å²) < 4.78 is 4.64. The van der Waals surface area contributed by atoms with Crippen LogP contribution in [0.15, 0.2) is 11.3 Å². The summed E-state index contributed by atoms with van der Waals surface area (Å²) in [7, 11) is 0. The van der Waals surface area contributed by atoms with Crippen LogP contribution in [0.3, 0.4) is 0 Å². The first kappa shape index (κ1) is 5.35. The van der Waals surface area contributed by atoms with Gasteiger partial charge in [0.1, 0.15) is 12.2 Å². The zero-order chi connectivity index (χ0) is 6.15. The molecule has 0 aliphatic carbocycles. The second kappa shape index (κ2) is 1.62. The maximum Gasteiger partial charge on any atom is 0.318 e. The monoisotopic (exact) mass is 112 g/mol. The lowest BCUT2D eigenvalue weighted by atomic mass is 10.2. The van der Waals surface area contributed by atoms with Crippen LogP contribution < -0.4 is 0 Å². The third kappa shape index (κ3) is 0.735. The van der Waals surface area contributed by atoms with Gasteiger partial charge in [-0.2, -0.15) is 0 Å². The summed E-state index contributed by atoms with van der Waals surface area (Å²) >= 11 is 0. The molecule has 1 rings (SSSR count). The summed E-state index contributed by atoms with van der Waals surface area (Å²) in [5.41, 5.74) is 1.10. The molecule has 1 aliphatic rings. The van der Waals surface area contributed by atoms with Gasteiger partial charge < -0.3 is 4.74 Å². The van der Waals surface area contributed by atoms with E-state index in [1.165, 1.54) is 0 Å². The van der Waals surface area contributed by atoms with Crippen molar-refractivity contribution >= 4 is 5.97 Å². The van der Waals surface area contributed by atoms with Gasteiger partial charge in [-0.15, -0.1) is 0 Å². The van der Waals surface area contributed by atoms with E-state index in [0.717, 1.165) is 11.3 Å². The van der Waals surface area contributed by atoms with Crippen LogP contribution in [0.2, 0.25) is 0 Å². The predicted molar refractivity (Wildman–Crippen MR) is 29.1 cm³/mol. The number of esters is 1. The van der Waals surface area contributed by atoms with Gasteiger partial charge in [-0.1, -0.05) is 0 Å². The van der Waals surface area contributed by atoms with E-state index in [0.29, 0.717) is 6.42 Å². The van der Waals surface area contributed by atoms with E-state index in [1.54, 1.807) is 0 Å². The Morgan fingerprint density at radius 3 is 2.25 bits per heavy atom. The second-order valence-electron chi connectivity index (χ2n) is 2.07. The van der Waals surface area contributed by atoms with Crippen LogP contribution in [-0.4, -0.2) is 5.97 Å². The zero-order valence-electron chi connectivity index (χ0n) is 5.02. The molecule has 44 valence electrons. The van der Waals surface area contributed by atoms with Crippen LogP contribution in [0.4, 0.5) is 0 Å². The van der Waals surface area contributed by atoms with Crippen molar-refractivity contribution in [1.82, 2.24) is 0 Å². The molecule has 1 heterocycles. The number of ether oxygens (including phenoxy) is 1. The van der Waals surface area contributed by atoms with Crippen molar-refractivity contribution in [2.24, 2.45) is 0 Å². The number of rotatable bonds is 0. The van der Waals surface area contributed by atoms with Crippen LogP contribution in [0.1, 0.15) is 20.3 Å². The van der Waals surface area contributed by atoms with Gasteiger partial charge in [0.15, 0.2) is 0 Å². The van der Waals surface area contributed by atoms with E-state index >= 15 is 0 Å². The molecule has 2 heteroatoms. The predicted octanol–water partition coefficient (Wildman–Crippen LogP) is 1.23. The van der Waals surface area contributed by atoms with E-state index in [-0.39, 0.29) is 5.97 Å². The van der Waals surface area contributed by atoms with Crippen LogP contribution in [0.25, 0.3) is 0 Å². The molecule has 0 aromatic carbocycles. The molecule has 1 fully saturated rings. The SMILES string of the molecule is CC(C)=C1CC(=O)O1. The fourth-order valence-electron chi connectivity index (χ4n) is 0.539. The maximum absolute atomic E-state index is 10.2.